The number of rotatable bonds is 6. The van der Waals surface area contributed by atoms with Crippen LogP contribution >= 0.6 is 11.3 Å². The second-order valence-electron chi connectivity index (χ2n) is 9.22. The average molecular weight is 522 g/mol. The van der Waals surface area contributed by atoms with Crippen molar-refractivity contribution in [3.05, 3.63) is 105 Å². The number of thiazole rings is 1. The Balaban J connectivity index is 1.38. The van der Waals surface area contributed by atoms with Crippen LogP contribution in [0.1, 0.15) is 47.4 Å². The van der Waals surface area contributed by atoms with E-state index in [9.17, 15) is 9.59 Å². The maximum Gasteiger partial charge on any atom is 0.256 e. The van der Waals surface area contributed by atoms with Crippen molar-refractivity contribution in [1.82, 2.24) is 20.3 Å². The molecule has 2 N–H and O–H groups in total. The first-order chi connectivity index (χ1) is 18.3. The molecule has 5 rings (SSSR count). The molecular formula is C30H27N5O2S. The number of hydrogen-bond donors (Lipinski definition) is 2. The lowest BCUT2D eigenvalue weighted by Crippen LogP contribution is -2.23. The predicted octanol–water partition coefficient (Wildman–Crippen LogP) is 6.17. The Kier molecular flexibility index (Phi) is 6.98. The highest BCUT2D eigenvalue weighted by Gasteiger charge is 2.17. The summed E-state index contributed by atoms with van der Waals surface area (Å²) in [5.74, 6) is -0.445. The third kappa shape index (κ3) is 5.31. The van der Waals surface area contributed by atoms with Gasteiger partial charge in [-0.3, -0.25) is 14.6 Å². The molecule has 190 valence electrons. The molecule has 0 saturated heterocycles. The third-order valence-electron chi connectivity index (χ3n) is 6.27. The second-order valence-corrected chi connectivity index (χ2v) is 10.6. The number of aromatic nitrogens is 3. The highest BCUT2D eigenvalue weighted by molar-refractivity contribution is 7.11. The van der Waals surface area contributed by atoms with Gasteiger partial charge in [0.2, 0.25) is 0 Å². The van der Waals surface area contributed by atoms with E-state index in [2.05, 4.69) is 26.7 Å². The van der Waals surface area contributed by atoms with Crippen molar-refractivity contribution in [2.45, 2.75) is 34.2 Å². The lowest BCUT2D eigenvalue weighted by atomic mass is 9.99. The van der Waals surface area contributed by atoms with E-state index in [1.165, 1.54) is 0 Å². The Labute approximate surface area is 225 Å². The van der Waals surface area contributed by atoms with E-state index in [1.807, 2.05) is 45.9 Å². The molecular weight excluding hydrogens is 494 g/mol. The van der Waals surface area contributed by atoms with Crippen molar-refractivity contribution in [3.63, 3.8) is 0 Å². The van der Waals surface area contributed by atoms with Gasteiger partial charge in [-0.2, -0.15) is 0 Å². The summed E-state index contributed by atoms with van der Waals surface area (Å²) in [4.78, 5) is 40.7. The van der Waals surface area contributed by atoms with Gasteiger partial charge < -0.3 is 10.6 Å². The van der Waals surface area contributed by atoms with Crippen LogP contribution in [0.5, 0.6) is 0 Å². The molecule has 0 atom stereocenters. The molecule has 38 heavy (non-hydrogen) atoms. The van der Waals surface area contributed by atoms with Crippen LogP contribution in [-0.4, -0.2) is 26.8 Å². The van der Waals surface area contributed by atoms with Crippen LogP contribution in [0.15, 0.2) is 67.0 Å². The molecule has 0 aliphatic rings. The molecule has 0 aliphatic heterocycles. The summed E-state index contributed by atoms with van der Waals surface area (Å²) < 4.78 is 0. The van der Waals surface area contributed by atoms with E-state index in [0.717, 1.165) is 43.2 Å². The SMILES string of the molecule is Cc1cc(C)c2nc(-c3cccnc3)cc(C(=O)Nc3ccc(C(=O)NCc4nc(C)sc4C)cc3)c2c1. The van der Waals surface area contributed by atoms with Crippen molar-refractivity contribution in [3.8, 4) is 11.3 Å². The molecule has 2 amide bonds. The zero-order chi connectivity index (χ0) is 26.8. The Morgan fingerprint density at radius 3 is 2.39 bits per heavy atom. The number of nitrogens with zero attached hydrogens (tertiary/aromatic N) is 3. The quantitative estimate of drug-likeness (QED) is 0.279. The number of amides is 2. The molecule has 2 aromatic carbocycles. The normalized spacial score (nSPS) is 10.9. The van der Waals surface area contributed by atoms with Crippen LogP contribution in [0.25, 0.3) is 22.2 Å². The van der Waals surface area contributed by atoms with E-state index < -0.39 is 0 Å². The van der Waals surface area contributed by atoms with Crippen LogP contribution in [0.3, 0.4) is 0 Å². The van der Waals surface area contributed by atoms with E-state index >= 15 is 0 Å². The Bertz CT molecular complexity index is 1660. The van der Waals surface area contributed by atoms with Crippen LogP contribution in [-0.2, 0) is 6.54 Å². The number of aryl methyl sites for hydroxylation is 4. The standard InChI is InChI=1S/C30H27N5O2S/c1-17-12-18(2)28-24(13-17)25(14-26(35-28)22-6-5-11-31-15-22)30(37)34-23-9-7-21(8-10-23)29(36)32-16-27-19(3)38-20(4)33-27/h5-15H,16H2,1-4H3,(H,32,36)(H,34,37). The minimum Gasteiger partial charge on any atom is -0.346 e. The summed E-state index contributed by atoms with van der Waals surface area (Å²) >= 11 is 1.61. The van der Waals surface area contributed by atoms with Gasteiger partial charge in [-0.15, -0.1) is 11.3 Å². The topological polar surface area (TPSA) is 96.9 Å². The van der Waals surface area contributed by atoms with Crippen LogP contribution in [0, 0.1) is 27.7 Å². The molecule has 0 unspecified atom stereocenters. The molecule has 5 aromatic rings. The van der Waals surface area contributed by atoms with Crippen molar-refractivity contribution in [2.24, 2.45) is 0 Å². The molecule has 8 heteroatoms. The summed E-state index contributed by atoms with van der Waals surface area (Å²) in [6.07, 6.45) is 3.44. The lowest BCUT2D eigenvalue weighted by molar-refractivity contribution is 0.0950. The molecule has 0 bridgehead atoms. The average Bonchev–Trinajstić information content (AvgIpc) is 3.24. The molecule has 0 aliphatic carbocycles. The Morgan fingerprint density at radius 2 is 1.71 bits per heavy atom. The maximum absolute atomic E-state index is 13.5. The van der Waals surface area contributed by atoms with Gasteiger partial charge in [-0.1, -0.05) is 11.6 Å². The number of benzene rings is 2. The lowest BCUT2D eigenvalue weighted by Gasteiger charge is -2.13. The fourth-order valence-corrected chi connectivity index (χ4v) is 5.27. The molecule has 0 spiro atoms. The number of carbonyl (C=O) groups is 2. The number of carbonyl (C=O) groups excluding carboxylic acids is 2. The molecule has 0 fully saturated rings. The summed E-state index contributed by atoms with van der Waals surface area (Å²) in [5.41, 5.74) is 6.85. The van der Waals surface area contributed by atoms with Gasteiger partial charge in [0.1, 0.15) is 0 Å². The van der Waals surface area contributed by atoms with Gasteiger partial charge in [-0.25, -0.2) is 9.97 Å². The van der Waals surface area contributed by atoms with Crippen LogP contribution in [0.2, 0.25) is 0 Å². The molecule has 0 radical (unpaired) electrons. The summed E-state index contributed by atoms with van der Waals surface area (Å²) in [7, 11) is 0. The van der Waals surface area contributed by atoms with Crippen LogP contribution < -0.4 is 10.6 Å². The minimum atomic E-state index is -0.251. The smallest absolute Gasteiger partial charge is 0.256 e. The molecule has 3 aromatic heterocycles. The highest BCUT2D eigenvalue weighted by atomic mass is 32.1. The van der Waals surface area contributed by atoms with Crippen molar-refractivity contribution >= 4 is 39.7 Å². The largest absolute Gasteiger partial charge is 0.346 e. The fourth-order valence-electron chi connectivity index (χ4n) is 4.44. The first-order valence-corrected chi connectivity index (χ1v) is 13.0. The van der Waals surface area contributed by atoms with Gasteiger partial charge in [0, 0.05) is 39.5 Å². The first kappa shape index (κ1) is 25.2. The predicted molar refractivity (Wildman–Crippen MR) is 152 cm³/mol. The van der Waals surface area contributed by atoms with E-state index in [0.29, 0.717) is 29.1 Å². The number of hydrogen-bond acceptors (Lipinski definition) is 6. The number of nitrogens with one attached hydrogen (secondary N) is 2. The number of fused-ring (bicyclic) bond motifs is 1. The number of anilines is 1. The Hall–Kier alpha value is -4.43. The zero-order valence-electron chi connectivity index (χ0n) is 21.6. The maximum atomic E-state index is 13.5. The van der Waals surface area contributed by atoms with E-state index in [-0.39, 0.29) is 11.8 Å². The number of pyridine rings is 2. The zero-order valence-corrected chi connectivity index (χ0v) is 22.4. The summed E-state index contributed by atoms with van der Waals surface area (Å²) in [6, 6.07) is 16.5. The van der Waals surface area contributed by atoms with Crippen molar-refractivity contribution in [2.75, 3.05) is 5.32 Å². The Morgan fingerprint density at radius 1 is 0.921 bits per heavy atom. The van der Waals surface area contributed by atoms with Gasteiger partial charge in [0.25, 0.3) is 11.8 Å². The third-order valence-corrected chi connectivity index (χ3v) is 7.20. The van der Waals surface area contributed by atoms with Crippen molar-refractivity contribution in [1.29, 1.82) is 0 Å². The summed E-state index contributed by atoms with van der Waals surface area (Å²) in [5, 5.41) is 7.66. The molecule has 3 heterocycles. The van der Waals surface area contributed by atoms with Gasteiger partial charge in [0.05, 0.1) is 34.0 Å². The summed E-state index contributed by atoms with van der Waals surface area (Å²) in [6.45, 7) is 8.33. The van der Waals surface area contributed by atoms with Gasteiger partial charge >= 0.3 is 0 Å². The second kappa shape index (κ2) is 10.5. The highest BCUT2D eigenvalue weighted by Crippen LogP contribution is 2.28. The fraction of sp³-hybridized carbons (Fsp3) is 0.167. The van der Waals surface area contributed by atoms with E-state index in [4.69, 9.17) is 4.98 Å². The molecule has 7 nitrogen and oxygen atoms in total. The van der Waals surface area contributed by atoms with Gasteiger partial charge in [0.15, 0.2) is 0 Å². The minimum absolute atomic E-state index is 0.194. The van der Waals surface area contributed by atoms with E-state index in [1.54, 1.807) is 54.1 Å². The monoisotopic (exact) mass is 521 g/mol. The van der Waals surface area contributed by atoms with Crippen LogP contribution in [0.4, 0.5) is 5.69 Å². The van der Waals surface area contributed by atoms with Gasteiger partial charge in [-0.05, 0) is 81.8 Å². The molecule has 0 saturated carbocycles. The first-order valence-electron chi connectivity index (χ1n) is 12.2. The van der Waals surface area contributed by atoms with Crippen molar-refractivity contribution < 1.29 is 9.59 Å².